The Bertz CT molecular complexity index is 658. The normalized spacial score (nSPS) is 21.4. The van der Waals surface area contributed by atoms with Crippen LogP contribution in [0.3, 0.4) is 0 Å². The molecule has 1 aliphatic rings. The zero-order chi connectivity index (χ0) is 14.3. The van der Waals surface area contributed by atoms with Gasteiger partial charge in [0.1, 0.15) is 12.4 Å². The lowest BCUT2D eigenvalue weighted by molar-refractivity contribution is -0.137. The third-order valence-electron chi connectivity index (χ3n) is 4.55. The van der Waals surface area contributed by atoms with E-state index in [0.29, 0.717) is 5.92 Å². The molecule has 1 atom stereocenters. The van der Waals surface area contributed by atoms with Gasteiger partial charge in [-0.15, -0.1) is 0 Å². The molecule has 1 aliphatic carbocycles. The minimum atomic E-state index is -0.815. The molecule has 0 amide bonds. The molecule has 1 saturated carbocycles. The van der Waals surface area contributed by atoms with Crippen molar-refractivity contribution >= 4 is 17.0 Å². The molecule has 0 bridgehead atoms. The molecule has 0 saturated heterocycles. The van der Waals surface area contributed by atoms with Gasteiger partial charge in [-0.1, -0.05) is 32.4 Å². The van der Waals surface area contributed by atoms with Gasteiger partial charge in [0, 0.05) is 5.92 Å². The summed E-state index contributed by atoms with van der Waals surface area (Å²) in [6.07, 6.45) is 3.46. The van der Waals surface area contributed by atoms with Crippen LogP contribution in [0.15, 0.2) is 24.3 Å². The van der Waals surface area contributed by atoms with E-state index in [2.05, 4.69) is 13.8 Å². The summed E-state index contributed by atoms with van der Waals surface area (Å²) in [5.74, 6) is 0.468. The highest BCUT2D eigenvalue weighted by atomic mass is 16.4. The summed E-state index contributed by atoms with van der Waals surface area (Å²) in [6, 6.07) is 7.80. The standard InChI is InChI=1S/C16H20N2O2/c1-16(2)9-5-6-11(16)15-17-12-7-3-4-8-13(12)18(15)10-14(19)20/h3-4,7-8,11H,5-6,9-10H2,1-2H3,(H,19,20). The van der Waals surface area contributed by atoms with Crippen molar-refractivity contribution in [2.75, 3.05) is 0 Å². The Morgan fingerprint density at radius 3 is 2.85 bits per heavy atom. The maximum Gasteiger partial charge on any atom is 0.323 e. The zero-order valence-corrected chi connectivity index (χ0v) is 12.0. The molecule has 4 heteroatoms. The number of aliphatic carboxylic acids is 1. The van der Waals surface area contributed by atoms with Crippen LogP contribution in [-0.2, 0) is 11.3 Å². The van der Waals surface area contributed by atoms with Crippen LogP contribution in [-0.4, -0.2) is 20.6 Å². The largest absolute Gasteiger partial charge is 0.480 e. The Morgan fingerprint density at radius 2 is 2.20 bits per heavy atom. The van der Waals surface area contributed by atoms with Gasteiger partial charge in [0.15, 0.2) is 0 Å². The van der Waals surface area contributed by atoms with E-state index in [1.54, 1.807) is 0 Å². The van der Waals surface area contributed by atoms with Crippen molar-refractivity contribution in [3.63, 3.8) is 0 Å². The molecule has 0 spiro atoms. The number of hydrogen-bond acceptors (Lipinski definition) is 2. The van der Waals surface area contributed by atoms with Crippen molar-refractivity contribution in [3.05, 3.63) is 30.1 Å². The molecule has 1 unspecified atom stereocenters. The molecule has 1 N–H and O–H groups in total. The van der Waals surface area contributed by atoms with E-state index in [1.165, 1.54) is 12.8 Å². The lowest BCUT2D eigenvalue weighted by Gasteiger charge is -2.26. The van der Waals surface area contributed by atoms with Crippen molar-refractivity contribution in [1.29, 1.82) is 0 Å². The first-order valence-corrected chi connectivity index (χ1v) is 7.16. The first-order chi connectivity index (χ1) is 9.49. The SMILES string of the molecule is CC1(C)CCCC1c1nc2ccccc2n1CC(=O)O. The molecule has 106 valence electrons. The van der Waals surface area contributed by atoms with Crippen LogP contribution >= 0.6 is 0 Å². The molecule has 4 nitrogen and oxygen atoms in total. The van der Waals surface area contributed by atoms with Crippen LogP contribution in [0.2, 0.25) is 0 Å². The number of carbonyl (C=O) groups is 1. The van der Waals surface area contributed by atoms with Gasteiger partial charge in [-0.2, -0.15) is 0 Å². The lowest BCUT2D eigenvalue weighted by Crippen LogP contribution is -2.21. The summed E-state index contributed by atoms with van der Waals surface area (Å²) < 4.78 is 1.88. The van der Waals surface area contributed by atoms with Gasteiger partial charge >= 0.3 is 5.97 Å². The number of imidazole rings is 1. The molecular formula is C16H20N2O2. The smallest absolute Gasteiger partial charge is 0.323 e. The average Bonchev–Trinajstić information content (AvgIpc) is 2.89. The molecule has 0 aliphatic heterocycles. The molecule has 1 aromatic heterocycles. The van der Waals surface area contributed by atoms with E-state index in [1.807, 2.05) is 28.8 Å². The predicted molar refractivity (Wildman–Crippen MR) is 77.7 cm³/mol. The number of aromatic nitrogens is 2. The average molecular weight is 272 g/mol. The second-order valence-electron chi connectivity index (χ2n) is 6.37. The molecule has 1 fully saturated rings. The van der Waals surface area contributed by atoms with Crippen LogP contribution < -0.4 is 0 Å². The molecule has 2 aromatic rings. The Balaban J connectivity index is 2.16. The summed E-state index contributed by atoms with van der Waals surface area (Å²) in [7, 11) is 0. The molecular weight excluding hydrogens is 252 g/mol. The number of carboxylic acid groups (broad SMARTS) is 1. The van der Waals surface area contributed by atoms with Gasteiger partial charge in [-0.25, -0.2) is 4.98 Å². The fourth-order valence-electron chi connectivity index (χ4n) is 3.47. The van der Waals surface area contributed by atoms with E-state index < -0.39 is 5.97 Å². The number of carboxylic acids is 1. The van der Waals surface area contributed by atoms with Gasteiger partial charge in [-0.05, 0) is 30.4 Å². The van der Waals surface area contributed by atoms with Gasteiger partial charge in [0.05, 0.1) is 11.0 Å². The molecule has 0 radical (unpaired) electrons. The number of nitrogens with zero attached hydrogens (tertiary/aromatic N) is 2. The van der Waals surface area contributed by atoms with Crippen LogP contribution in [0.5, 0.6) is 0 Å². The first kappa shape index (κ1) is 13.2. The first-order valence-electron chi connectivity index (χ1n) is 7.16. The van der Waals surface area contributed by atoms with E-state index in [-0.39, 0.29) is 12.0 Å². The summed E-state index contributed by atoms with van der Waals surface area (Å²) in [4.78, 5) is 15.9. The molecule has 3 rings (SSSR count). The van der Waals surface area contributed by atoms with Crippen molar-refractivity contribution in [3.8, 4) is 0 Å². The quantitative estimate of drug-likeness (QED) is 0.931. The highest BCUT2D eigenvalue weighted by Crippen LogP contribution is 2.48. The highest BCUT2D eigenvalue weighted by molar-refractivity contribution is 5.78. The van der Waals surface area contributed by atoms with Crippen molar-refractivity contribution in [2.24, 2.45) is 5.41 Å². The zero-order valence-electron chi connectivity index (χ0n) is 12.0. The Hall–Kier alpha value is -1.84. The third-order valence-corrected chi connectivity index (χ3v) is 4.55. The van der Waals surface area contributed by atoms with Crippen molar-refractivity contribution in [1.82, 2.24) is 9.55 Å². The summed E-state index contributed by atoms with van der Waals surface area (Å²) in [5.41, 5.74) is 2.01. The number of rotatable bonds is 3. The van der Waals surface area contributed by atoms with Gasteiger partial charge < -0.3 is 9.67 Å². The molecule has 1 aromatic carbocycles. The topological polar surface area (TPSA) is 55.1 Å². The monoisotopic (exact) mass is 272 g/mol. The number of hydrogen-bond donors (Lipinski definition) is 1. The van der Waals surface area contributed by atoms with Crippen molar-refractivity contribution in [2.45, 2.75) is 45.6 Å². The van der Waals surface area contributed by atoms with E-state index in [9.17, 15) is 9.90 Å². The van der Waals surface area contributed by atoms with Crippen LogP contribution in [0, 0.1) is 5.41 Å². The van der Waals surface area contributed by atoms with Crippen molar-refractivity contribution < 1.29 is 9.90 Å². The summed E-state index contributed by atoms with van der Waals surface area (Å²) in [6.45, 7) is 4.51. The summed E-state index contributed by atoms with van der Waals surface area (Å²) in [5, 5.41) is 9.19. The Kier molecular flexibility index (Phi) is 3.04. The minimum absolute atomic E-state index is 0.0115. The molecule has 1 heterocycles. The Labute approximate surface area is 118 Å². The second kappa shape index (κ2) is 4.62. The number of benzene rings is 1. The maximum absolute atomic E-state index is 11.2. The fourth-order valence-corrected chi connectivity index (χ4v) is 3.47. The van der Waals surface area contributed by atoms with E-state index in [4.69, 9.17) is 4.98 Å². The lowest BCUT2D eigenvalue weighted by atomic mass is 9.81. The minimum Gasteiger partial charge on any atom is -0.480 e. The van der Waals surface area contributed by atoms with Crippen LogP contribution in [0.4, 0.5) is 0 Å². The fraction of sp³-hybridized carbons (Fsp3) is 0.500. The van der Waals surface area contributed by atoms with Crippen LogP contribution in [0.25, 0.3) is 11.0 Å². The molecule has 20 heavy (non-hydrogen) atoms. The van der Waals surface area contributed by atoms with E-state index in [0.717, 1.165) is 23.3 Å². The van der Waals surface area contributed by atoms with Gasteiger partial charge in [-0.3, -0.25) is 4.79 Å². The number of fused-ring (bicyclic) bond motifs is 1. The van der Waals surface area contributed by atoms with Gasteiger partial charge in [0.25, 0.3) is 0 Å². The highest BCUT2D eigenvalue weighted by Gasteiger charge is 2.38. The second-order valence-corrected chi connectivity index (χ2v) is 6.37. The predicted octanol–water partition coefficient (Wildman–Crippen LogP) is 3.41. The van der Waals surface area contributed by atoms with E-state index >= 15 is 0 Å². The van der Waals surface area contributed by atoms with Crippen LogP contribution in [0.1, 0.15) is 44.9 Å². The maximum atomic E-state index is 11.2. The summed E-state index contributed by atoms with van der Waals surface area (Å²) >= 11 is 0. The van der Waals surface area contributed by atoms with Gasteiger partial charge in [0.2, 0.25) is 0 Å². The Morgan fingerprint density at radius 1 is 1.45 bits per heavy atom. The third kappa shape index (κ3) is 2.09. The number of para-hydroxylation sites is 2.